The van der Waals surface area contributed by atoms with Crippen LogP contribution in [0.2, 0.25) is 0 Å². The van der Waals surface area contributed by atoms with Crippen molar-refractivity contribution in [3.63, 3.8) is 0 Å². The Kier molecular flexibility index (Phi) is 15.3. The number of ether oxygens (including phenoxy) is 15. The van der Waals surface area contributed by atoms with Gasteiger partial charge in [-0.25, -0.2) is 0 Å². The molecule has 4 aromatic heterocycles. The van der Waals surface area contributed by atoms with Gasteiger partial charge < -0.3 is 95.6 Å². The number of nitrogens with zero attached hydrogens (tertiary/aromatic N) is 20. The number of rotatable bonds is 42. The van der Waals surface area contributed by atoms with Crippen molar-refractivity contribution in [2.75, 3.05) is 223 Å². The van der Waals surface area contributed by atoms with Crippen molar-refractivity contribution in [2.24, 2.45) is 0 Å². The topological polar surface area (TPSA) is 369 Å². The van der Waals surface area contributed by atoms with E-state index in [2.05, 4.69) is 24.5 Å². The van der Waals surface area contributed by atoms with Crippen molar-refractivity contribution in [2.45, 2.75) is 110 Å². The normalized spacial score (nSPS) is 32.6. The summed E-state index contributed by atoms with van der Waals surface area (Å²) in [6.45, 7) is 15.4. The number of aromatic nitrogens is 12. The van der Waals surface area contributed by atoms with E-state index < -0.39 is 0 Å². The quantitative estimate of drug-likeness (QED) is 0.0422. The highest BCUT2D eigenvalue weighted by atomic mass is 16.6. The Morgan fingerprint density at radius 3 is 0.559 bits per heavy atom. The summed E-state index contributed by atoms with van der Waals surface area (Å²) < 4.78 is 88.8. The molecule has 0 amide bonds. The van der Waals surface area contributed by atoms with Crippen molar-refractivity contribution in [1.82, 2.24) is 59.8 Å². The summed E-state index contributed by atoms with van der Waals surface area (Å²) >= 11 is 0. The standard InChI is InChI=1S/C58H76N20O15/c1(32-16-79-32)31(2-33-17-80-33)47-59-48(71(3-34-18-81-34)4-35-19-82-35)63-53(60-47)76(13-44-28-91-44)56-68-57(77(14-45-29-92-45)54-64-49(72(5-36-20-83-36)6-37-21-84-37)61-50(65-54)73(7-38-22-85-38)8-39-23-86-39)70-58(69-56)78(15-46-30-93-46)55-66-51(74(9-40-24-87-40)10-41-25-88-41)62-52(67-55)75(11-42-26-89-42)12-43-27-90-43/h31-46H,1-30H2. The minimum Gasteiger partial charge on any atom is -0.373 e. The summed E-state index contributed by atoms with van der Waals surface area (Å²) in [5.41, 5.74) is 0. The minimum atomic E-state index is -0.244. The highest BCUT2D eigenvalue weighted by Gasteiger charge is 2.44. The lowest BCUT2D eigenvalue weighted by Gasteiger charge is -2.30. The van der Waals surface area contributed by atoms with Crippen molar-refractivity contribution in [1.29, 1.82) is 0 Å². The van der Waals surface area contributed by atoms with Crippen LogP contribution in [0.3, 0.4) is 0 Å². The summed E-state index contributed by atoms with van der Waals surface area (Å²) in [5, 5.41) is 0. The summed E-state index contributed by atoms with van der Waals surface area (Å²) in [4.78, 5) is 81.5. The third-order valence-electron chi connectivity index (χ3n) is 18.2. The van der Waals surface area contributed by atoms with Crippen LogP contribution < -0.4 is 39.2 Å². The molecule has 15 aliphatic rings. The molecule has 0 N–H and O–H groups in total. The molecule has 15 fully saturated rings. The Balaban J connectivity index is 0.797. The molecule has 15 aliphatic heterocycles. The van der Waals surface area contributed by atoms with Gasteiger partial charge in [0.1, 0.15) is 5.82 Å². The first kappa shape index (κ1) is 58.2. The fourth-order valence-electron chi connectivity index (χ4n) is 11.6. The molecule has 35 heteroatoms. The van der Waals surface area contributed by atoms with E-state index in [4.69, 9.17) is 131 Å². The molecule has 0 radical (unpaired) electrons. The third-order valence-corrected chi connectivity index (χ3v) is 18.2. The van der Waals surface area contributed by atoms with Gasteiger partial charge in [0.05, 0.1) is 210 Å². The van der Waals surface area contributed by atoms with Crippen LogP contribution in [0.15, 0.2) is 0 Å². The van der Waals surface area contributed by atoms with Crippen LogP contribution in [0.1, 0.15) is 24.6 Å². The third kappa shape index (κ3) is 15.9. The van der Waals surface area contributed by atoms with Crippen molar-refractivity contribution in [3.8, 4) is 0 Å². The molecule has 0 aromatic carbocycles. The molecule has 35 nitrogen and oxygen atoms in total. The van der Waals surface area contributed by atoms with E-state index in [1.807, 2.05) is 14.7 Å². The lowest BCUT2D eigenvalue weighted by molar-refractivity contribution is 0.340. The number of epoxide rings is 15. The summed E-state index contributed by atoms with van der Waals surface area (Å²) in [6, 6.07) is 0. The molecular formula is C58H76N20O15. The molecule has 19 rings (SSSR count). The molecule has 93 heavy (non-hydrogen) atoms. The van der Waals surface area contributed by atoms with Crippen LogP contribution in [0.25, 0.3) is 0 Å². The SMILES string of the molecule is C1OC1CC(CC1CO1)c1nc(N(CC2CO2)CC2CO2)nc(N(CC2CO2)c2nc(N(CC3CO3)c3nc(N(CC4CO4)CC4CO4)nc(N(CC4CO4)CC4CO4)n3)nc(N(CC3CO3)c3nc(N(CC4CO4)CC4CO4)nc(N(CC4CO4)CC4CO4)n3)n2)n1. The maximum atomic E-state index is 6.14. The molecule has 15 unspecified atom stereocenters. The highest BCUT2D eigenvalue weighted by Crippen LogP contribution is 2.39. The van der Waals surface area contributed by atoms with E-state index >= 15 is 0 Å². The van der Waals surface area contributed by atoms with E-state index in [0.717, 1.165) is 0 Å². The van der Waals surface area contributed by atoms with Crippen molar-refractivity contribution in [3.05, 3.63) is 5.82 Å². The fourth-order valence-corrected chi connectivity index (χ4v) is 11.6. The van der Waals surface area contributed by atoms with E-state index in [9.17, 15) is 0 Å². The average Bonchev–Trinajstić information content (AvgIpc) is 1.53. The van der Waals surface area contributed by atoms with Gasteiger partial charge in [-0.2, -0.15) is 59.8 Å². The number of hydrogen-bond acceptors (Lipinski definition) is 35. The molecule has 15 atom stereocenters. The Bertz CT molecular complexity index is 2750. The van der Waals surface area contributed by atoms with Gasteiger partial charge in [0.15, 0.2) is 0 Å². The van der Waals surface area contributed by atoms with E-state index in [-0.39, 0.29) is 147 Å². The summed E-state index contributed by atoms with van der Waals surface area (Å²) in [7, 11) is 0. The summed E-state index contributed by atoms with van der Waals surface area (Å²) in [6.07, 6.45) is 0.935. The van der Waals surface area contributed by atoms with Gasteiger partial charge in [0.2, 0.25) is 65.4 Å². The Morgan fingerprint density at radius 1 is 0.204 bits per heavy atom. The van der Waals surface area contributed by atoms with Crippen LogP contribution in [-0.2, 0) is 71.1 Å². The minimum absolute atomic E-state index is 0.00596. The number of anilines is 11. The van der Waals surface area contributed by atoms with Crippen LogP contribution in [0.5, 0.6) is 0 Å². The van der Waals surface area contributed by atoms with Crippen molar-refractivity contribution < 1.29 is 71.1 Å². The molecule has 0 aliphatic carbocycles. The number of hydrogen-bond donors (Lipinski definition) is 0. The predicted octanol–water partition coefficient (Wildman–Crippen LogP) is -2.28. The maximum absolute atomic E-state index is 6.14. The second-order valence-electron chi connectivity index (χ2n) is 26.9. The van der Waals surface area contributed by atoms with E-state index in [0.29, 0.717) is 219 Å². The molecule has 15 saturated heterocycles. The Morgan fingerprint density at radius 2 is 0.355 bits per heavy atom. The second-order valence-corrected chi connectivity index (χ2v) is 26.9. The first-order chi connectivity index (χ1) is 45.8. The largest absolute Gasteiger partial charge is 0.373 e. The fraction of sp³-hybridized carbons (Fsp3) is 0.793. The first-order valence-corrected chi connectivity index (χ1v) is 33.2. The van der Waals surface area contributed by atoms with Crippen LogP contribution in [0, 0.1) is 0 Å². The van der Waals surface area contributed by atoms with Crippen LogP contribution in [0.4, 0.5) is 65.4 Å². The predicted molar refractivity (Wildman–Crippen MR) is 319 cm³/mol. The molecule has 498 valence electrons. The van der Waals surface area contributed by atoms with Crippen molar-refractivity contribution >= 4 is 65.4 Å². The zero-order chi connectivity index (χ0) is 61.1. The highest BCUT2D eigenvalue weighted by molar-refractivity contribution is 5.63. The van der Waals surface area contributed by atoms with E-state index in [1.54, 1.807) is 0 Å². The lowest BCUT2D eigenvalue weighted by atomic mass is 9.97. The average molecular weight is 1290 g/mol. The Labute approximate surface area is 534 Å². The first-order valence-electron chi connectivity index (χ1n) is 33.2. The smallest absolute Gasteiger partial charge is 0.239 e. The van der Waals surface area contributed by atoms with Gasteiger partial charge >= 0.3 is 0 Å². The van der Waals surface area contributed by atoms with Gasteiger partial charge in [-0.05, 0) is 12.8 Å². The van der Waals surface area contributed by atoms with Gasteiger partial charge in [-0.15, -0.1) is 0 Å². The zero-order valence-electron chi connectivity index (χ0n) is 51.5. The van der Waals surface area contributed by atoms with Crippen LogP contribution >= 0.6 is 0 Å². The molecule has 4 aromatic rings. The second kappa shape index (κ2) is 24.5. The summed E-state index contributed by atoms with van der Waals surface area (Å²) in [5.74, 6) is 4.21. The molecule has 0 spiro atoms. The van der Waals surface area contributed by atoms with E-state index in [1.165, 1.54) is 0 Å². The molecule has 0 saturated carbocycles. The van der Waals surface area contributed by atoms with Crippen LogP contribution in [-0.4, -0.2) is 336 Å². The zero-order valence-corrected chi connectivity index (χ0v) is 51.5. The maximum Gasteiger partial charge on any atom is 0.239 e. The van der Waals surface area contributed by atoms with Gasteiger partial charge in [0, 0.05) is 71.4 Å². The van der Waals surface area contributed by atoms with Gasteiger partial charge in [-0.3, -0.25) is 14.7 Å². The molecular weight excluding hydrogens is 1220 g/mol. The van der Waals surface area contributed by atoms with Gasteiger partial charge in [-0.1, -0.05) is 0 Å². The lowest BCUT2D eigenvalue weighted by Crippen LogP contribution is -2.38. The molecule has 0 bridgehead atoms. The van der Waals surface area contributed by atoms with Gasteiger partial charge in [0.25, 0.3) is 0 Å². The molecule has 19 heterocycles. The Hall–Kier alpha value is -6.16. The monoisotopic (exact) mass is 1290 g/mol.